The highest BCUT2D eigenvalue weighted by atomic mass is 35.5. The number of hydrogen-bond acceptors (Lipinski definition) is 5. The second-order valence-electron chi connectivity index (χ2n) is 3.99. The Balaban J connectivity index is 2.07. The Labute approximate surface area is 122 Å². The van der Waals surface area contributed by atoms with Crippen molar-refractivity contribution in [1.29, 1.82) is 5.26 Å². The lowest BCUT2D eigenvalue weighted by atomic mass is 10.2. The zero-order valence-electron chi connectivity index (χ0n) is 9.89. The van der Waals surface area contributed by atoms with E-state index in [0.717, 1.165) is 17.8 Å². The van der Waals surface area contributed by atoms with Gasteiger partial charge in [-0.25, -0.2) is 4.39 Å². The molecule has 0 aliphatic carbocycles. The van der Waals surface area contributed by atoms with Gasteiger partial charge in [0, 0.05) is 0 Å². The maximum Gasteiger partial charge on any atom is 0.147 e. The van der Waals surface area contributed by atoms with E-state index in [9.17, 15) is 4.39 Å². The van der Waals surface area contributed by atoms with Crippen molar-refractivity contribution in [2.24, 2.45) is 0 Å². The van der Waals surface area contributed by atoms with Gasteiger partial charge in [-0.1, -0.05) is 11.6 Å². The average molecular weight is 305 g/mol. The largest absolute Gasteiger partial charge is 0.350 e. The molecule has 0 unspecified atom stereocenters. The third-order valence-electron chi connectivity index (χ3n) is 2.73. The van der Waals surface area contributed by atoms with Crippen LogP contribution in [-0.2, 0) is 0 Å². The monoisotopic (exact) mass is 304 g/mol. The Bertz CT molecular complexity index is 840. The fraction of sp³-hybridized carbons (Fsp3) is 0. The van der Waals surface area contributed by atoms with Crippen LogP contribution in [0.1, 0.15) is 5.56 Å². The van der Waals surface area contributed by atoms with E-state index in [1.165, 1.54) is 12.1 Å². The van der Waals surface area contributed by atoms with Crippen LogP contribution in [0.15, 0.2) is 30.3 Å². The van der Waals surface area contributed by atoms with Crippen molar-refractivity contribution < 1.29 is 4.39 Å². The van der Waals surface area contributed by atoms with Crippen LogP contribution in [0, 0.1) is 17.1 Å². The lowest BCUT2D eigenvalue weighted by Gasteiger charge is -2.09. The molecule has 0 saturated carbocycles. The first-order valence-electron chi connectivity index (χ1n) is 5.56. The Morgan fingerprint density at radius 1 is 1.25 bits per heavy atom. The van der Waals surface area contributed by atoms with Crippen LogP contribution in [0.4, 0.5) is 15.8 Å². The highest BCUT2D eigenvalue weighted by Crippen LogP contribution is 2.33. The van der Waals surface area contributed by atoms with Gasteiger partial charge in [0.1, 0.15) is 16.9 Å². The van der Waals surface area contributed by atoms with E-state index in [2.05, 4.69) is 14.1 Å². The molecule has 0 radical (unpaired) electrons. The molecule has 1 heterocycles. The molecule has 3 rings (SSSR count). The average Bonchev–Trinajstić information content (AvgIpc) is 2.92. The second-order valence-corrected chi connectivity index (χ2v) is 4.92. The number of nitriles is 1. The number of hydrogen-bond donors (Lipinski definition) is 1. The molecule has 0 atom stereocenters. The van der Waals surface area contributed by atoms with Gasteiger partial charge in [-0.05, 0) is 30.3 Å². The number of halogens is 2. The fourth-order valence-electron chi connectivity index (χ4n) is 1.77. The van der Waals surface area contributed by atoms with Crippen LogP contribution in [0.3, 0.4) is 0 Å². The van der Waals surface area contributed by atoms with Gasteiger partial charge in [0.2, 0.25) is 0 Å². The number of rotatable bonds is 2. The predicted molar refractivity (Wildman–Crippen MR) is 76.8 cm³/mol. The minimum Gasteiger partial charge on any atom is -0.350 e. The molecular weight excluding hydrogens is 299 g/mol. The van der Waals surface area contributed by atoms with Gasteiger partial charge >= 0.3 is 0 Å². The first-order valence-corrected chi connectivity index (χ1v) is 6.67. The minimum atomic E-state index is -0.527. The van der Waals surface area contributed by atoms with Gasteiger partial charge in [-0.2, -0.15) is 14.0 Å². The highest BCUT2D eigenvalue weighted by Gasteiger charge is 2.12. The summed E-state index contributed by atoms with van der Waals surface area (Å²) in [6, 6.07) is 9.49. The van der Waals surface area contributed by atoms with Crippen LogP contribution in [0.25, 0.3) is 11.0 Å². The predicted octanol–water partition coefficient (Wildman–Crippen LogP) is 4.10. The number of anilines is 2. The molecule has 0 spiro atoms. The first kappa shape index (κ1) is 12.8. The molecule has 1 N–H and O–H groups in total. The third kappa shape index (κ3) is 2.18. The summed E-state index contributed by atoms with van der Waals surface area (Å²) in [6.45, 7) is 0. The second kappa shape index (κ2) is 5.04. The molecule has 98 valence electrons. The Morgan fingerprint density at radius 3 is 2.85 bits per heavy atom. The standard InChI is InChI=1S/C13H6ClFN4S/c14-8-2-4-11-13(19-20-18-11)12(8)17-10-3-1-7(6-16)5-9(10)15/h1-5,17H. The maximum absolute atomic E-state index is 13.9. The first-order chi connectivity index (χ1) is 9.69. The van der Waals surface area contributed by atoms with Gasteiger partial charge in [-0.3, -0.25) is 0 Å². The van der Waals surface area contributed by atoms with Crippen molar-refractivity contribution in [3.05, 3.63) is 46.7 Å². The molecule has 0 bridgehead atoms. The maximum atomic E-state index is 13.9. The summed E-state index contributed by atoms with van der Waals surface area (Å²) in [5, 5.41) is 12.1. The molecule has 0 aliphatic rings. The summed E-state index contributed by atoms with van der Waals surface area (Å²) >= 11 is 7.18. The lowest BCUT2D eigenvalue weighted by molar-refractivity contribution is 0.631. The normalized spacial score (nSPS) is 10.4. The van der Waals surface area contributed by atoms with Gasteiger partial charge < -0.3 is 5.32 Å². The van der Waals surface area contributed by atoms with E-state index < -0.39 is 5.82 Å². The Morgan fingerprint density at radius 2 is 2.10 bits per heavy atom. The van der Waals surface area contributed by atoms with E-state index in [0.29, 0.717) is 21.7 Å². The molecule has 1 aromatic heterocycles. The highest BCUT2D eigenvalue weighted by molar-refractivity contribution is 7.00. The van der Waals surface area contributed by atoms with E-state index in [-0.39, 0.29) is 11.3 Å². The summed E-state index contributed by atoms with van der Waals surface area (Å²) in [7, 11) is 0. The van der Waals surface area contributed by atoms with Crippen molar-refractivity contribution in [3.63, 3.8) is 0 Å². The van der Waals surface area contributed by atoms with Crippen molar-refractivity contribution >= 4 is 45.7 Å². The summed E-state index contributed by atoms with van der Waals surface area (Å²) in [6.07, 6.45) is 0. The Kier molecular flexibility index (Phi) is 3.22. The molecule has 0 amide bonds. The lowest BCUT2D eigenvalue weighted by Crippen LogP contribution is -1.96. The molecule has 7 heteroatoms. The van der Waals surface area contributed by atoms with Crippen molar-refractivity contribution in [2.45, 2.75) is 0 Å². The number of fused-ring (bicyclic) bond motifs is 1. The number of nitrogens with one attached hydrogen (secondary N) is 1. The molecule has 4 nitrogen and oxygen atoms in total. The zero-order valence-corrected chi connectivity index (χ0v) is 11.5. The van der Waals surface area contributed by atoms with Crippen LogP contribution in [0.2, 0.25) is 5.02 Å². The minimum absolute atomic E-state index is 0.228. The quantitative estimate of drug-likeness (QED) is 0.774. The van der Waals surface area contributed by atoms with Crippen molar-refractivity contribution in [1.82, 2.24) is 8.75 Å². The molecule has 20 heavy (non-hydrogen) atoms. The number of aromatic nitrogens is 2. The molecule has 0 fully saturated rings. The van der Waals surface area contributed by atoms with Crippen LogP contribution < -0.4 is 5.32 Å². The third-order valence-corrected chi connectivity index (χ3v) is 3.59. The molecule has 3 aromatic rings. The van der Waals surface area contributed by atoms with Crippen molar-refractivity contribution in [2.75, 3.05) is 5.32 Å². The molecular formula is C13H6ClFN4S. The Hall–Kier alpha value is -2.23. The summed E-state index contributed by atoms with van der Waals surface area (Å²) in [5.41, 5.74) is 2.27. The van der Waals surface area contributed by atoms with Gasteiger partial charge in [-0.15, -0.1) is 0 Å². The number of nitrogens with zero attached hydrogens (tertiary/aromatic N) is 3. The van der Waals surface area contributed by atoms with Crippen LogP contribution >= 0.6 is 23.3 Å². The zero-order chi connectivity index (χ0) is 14.1. The van der Waals surface area contributed by atoms with Gasteiger partial charge in [0.25, 0.3) is 0 Å². The van der Waals surface area contributed by atoms with Crippen LogP contribution in [-0.4, -0.2) is 8.75 Å². The topological polar surface area (TPSA) is 61.6 Å². The van der Waals surface area contributed by atoms with E-state index in [4.69, 9.17) is 16.9 Å². The summed E-state index contributed by atoms with van der Waals surface area (Å²) in [5.74, 6) is -0.527. The van der Waals surface area contributed by atoms with Crippen molar-refractivity contribution in [3.8, 4) is 6.07 Å². The SMILES string of the molecule is N#Cc1ccc(Nc2c(Cl)ccc3nsnc23)c(F)c1. The summed E-state index contributed by atoms with van der Waals surface area (Å²) in [4.78, 5) is 0. The molecule has 0 aliphatic heterocycles. The number of benzene rings is 2. The van der Waals surface area contributed by atoms with E-state index >= 15 is 0 Å². The smallest absolute Gasteiger partial charge is 0.147 e. The van der Waals surface area contributed by atoms with E-state index in [1.54, 1.807) is 12.1 Å². The van der Waals surface area contributed by atoms with Crippen LogP contribution in [0.5, 0.6) is 0 Å². The summed E-state index contributed by atoms with van der Waals surface area (Å²) < 4.78 is 22.1. The fourth-order valence-corrected chi connectivity index (χ4v) is 2.51. The van der Waals surface area contributed by atoms with Gasteiger partial charge in [0.05, 0.1) is 39.8 Å². The molecule has 2 aromatic carbocycles. The van der Waals surface area contributed by atoms with E-state index in [1.807, 2.05) is 6.07 Å². The molecule has 0 saturated heterocycles. The van der Waals surface area contributed by atoms with Gasteiger partial charge in [0.15, 0.2) is 0 Å².